The Morgan fingerprint density at radius 1 is 1.37 bits per heavy atom. The third kappa shape index (κ3) is 6.45. The van der Waals surface area contributed by atoms with Crippen molar-refractivity contribution in [2.24, 2.45) is 4.99 Å². The molecule has 0 aliphatic carbocycles. The van der Waals surface area contributed by atoms with E-state index in [9.17, 15) is 4.79 Å². The lowest BCUT2D eigenvalue weighted by Crippen LogP contribution is -2.46. The maximum atomic E-state index is 11.8. The standard InChI is InChI=1S/C21H34N4O2/c1-6-19(26)25-12-10-17(15-25)24-20(22-5)23-11-13-27-18-9-7-8-16(14-18)21(2,3)4/h7-9,14,17H,6,10-13,15H2,1-5H3,(H2,22,23,24). The van der Waals surface area contributed by atoms with Crippen LogP contribution in [0.4, 0.5) is 0 Å². The van der Waals surface area contributed by atoms with Crippen molar-refractivity contribution in [2.75, 3.05) is 33.3 Å². The number of hydrogen-bond donors (Lipinski definition) is 2. The molecule has 1 saturated heterocycles. The Morgan fingerprint density at radius 3 is 2.81 bits per heavy atom. The minimum Gasteiger partial charge on any atom is -0.492 e. The number of hydrogen-bond acceptors (Lipinski definition) is 3. The van der Waals surface area contributed by atoms with Crippen LogP contribution in [0.3, 0.4) is 0 Å². The molecule has 6 nitrogen and oxygen atoms in total. The first kappa shape index (κ1) is 21.1. The highest BCUT2D eigenvalue weighted by atomic mass is 16.5. The molecule has 0 bridgehead atoms. The summed E-state index contributed by atoms with van der Waals surface area (Å²) in [5.74, 6) is 1.85. The Morgan fingerprint density at radius 2 is 2.15 bits per heavy atom. The first-order valence-electron chi connectivity index (χ1n) is 9.81. The fraction of sp³-hybridized carbons (Fsp3) is 0.619. The minimum atomic E-state index is 0.109. The molecule has 1 aliphatic rings. The summed E-state index contributed by atoms with van der Waals surface area (Å²) in [6.07, 6.45) is 1.51. The van der Waals surface area contributed by atoms with Gasteiger partial charge in [0.25, 0.3) is 0 Å². The fourth-order valence-corrected chi connectivity index (χ4v) is 3.11. The predicted octanol–water partition coefficient (Wildman–Crippen LogP) is 2.54. The molecule has 6 heteroatoms. The molecule has 0 saturated carbocycles. The van der Waals surface area contributed by atoms with E-state index < -0.39 is 0 Å². The van der Waals surface area contributed by atoms with E-state index in [-0.39, 0.29) is 17.4 Å². The zero-order chi connectivity index (χ0) is 19.9. The molecule has 1 atom stereocenters. The van der Waals surface area contributed by atoms with E-state index in [2.05, 4.69) is 48.5 Å². The van der Waals surface area contributed by atoms with Crippen LogP contribution < -0.4 is 15.4 Å². The summed E-state index contributed by atoms with van der Waals surface area (Å²) in [4.78, 5) is 18.0. The van der Waals surface area contributed by atoms with Gasteiger partial charge < -0.3 is 20.3 Å². The lowest BCUT2D eigenvalue weighted by molar-refractivity contribution is -0.129. The molecule has 2 rings (SSSR count). The van der Waals surface area contributed by atoms with Crippen molar-refractivity contribution in [1.29, 1.82) is 0 Å². The van der Waals surface area contributed by atoms with Crippen LogP contribution in [0.1, 0.15) is 46.1 Å². The second-order valence-corrected chi connectivity index (χ2v) is 7.95. The van der Waals surface area contributed by atoms with E-state index in [1.807, 2.05) is 24.0 Å². The normalized spacial score (nSPS) is 17.7. The van der Waals surface area contributed by atoms with Crippen LogP contribution in [0.2, 0.25) is 0 Å². The molecule has 1 unspecified atom stereocenters. The van der Waals surface area contributed by atoms with Gasteiger partial charge in [-0.25, -0.2) is 0 Å². The number of aliphatic imine (C=N–C) groups is 1. The van der Waals surface area contributed by atoms with Gasteiger partial charge in [-0.1, -0.05) is 39.8 Å². The zero-order valence-electron chi connectivity index (χ0n) is 17.3. The van der Waals surface area contributed by atoms with Crippen LogP contribution in [-0.2, 0) is 10.2 Å². The van der Waals surface area contributed by atoms with E-state index in [0.29, 0.717) is 19.6 Å². The molecular formula is C21H34N4O2. The number of likely N-dealkylation sites (tertiary alicyclic amines) is 1. The molecule has 1 aromatic carbocycles. The molecule has 1 aromatic rings. The third-order valence-corrected chi connectivity index (χ3v) is 4.77. The average molecular weight is 375 g/mol. The van der Waals surface area contributed by atoms with E-state index >= 15 is 0 Å². The molecule has 27 heavy (non-hydrogen) atoms. The van der Waals surface area contributed by atoms with E-state index in [4.69, 9.17) is 4.74 Å². The number of ether oxygens (including phenoxy) is 1. The predicted molar refractivity (Wildman–Crippen MR) is 110 cm³/mol. The molecule has 1 aliphatic heterocycles. The molecule has 0 spiro atoms. The lowest BCUT2D eigenvalue weighted by Gasteiger charge is -2.20. The third-order valence-electron chi connectivity index (χ3n) is 4.77. The van der Waals surface area contributed by atoms with Gasteiger partial charge in [-0.05, 0) is 29.5 Å². The van der Waals surface area contributed by atoms with Gasteiger partial charge in [0.1, 0.15) is 12.4 Å². The molecule has 1 fully saturated rings. The van der Waals surface area contributed by atoms with Crippen molar-refractivity contribution in [3.05, 3.63) is 29.8 Å². The van der Waals surface area contributed by atoms with Crippen LogP contribution in [0, 0.1) is 0 Å². The Hall–Kier alpha value is -2.24. The van der Waals surface area contributed by atoms with Crippen molar-refractivity contribution in [1.82, 2.24) is 15.5 Å². The maximum absolute atomic E-state index is 11.8. The smallest absolute Gasteiger partial charge is 0.222 e. The topological polar surface area (TPSA) is 66.0 Å². The van der Waals surface area contributed by atoms with Crippen LogP contribution in [-0.4, -0.2) is 56.1 Å². The summed E-state index contributed by atoms with van der Waals surface area (Å²) in [7, 11) is 1.76. The lowest BCUT2D eigenvalue weighted by atomic mass is 9.87. The summed E-state index contributed by atoms with van der Waals surface area (Å²) >= 11 is 0. The quantitative estimate of drug-likeness (QED) is 0.456. The number of carbonyl (C=O) groups excluding carboxylic acids is 1. The minimum absolute atomic E-state index is 0.109. The van der Waals surface area contributed by atoms with Gasteiger partial charge in [0.05, 0.1) is 6.54 Å². The Bertz CT molecular complexity index is 652. The Labute approximate surface area is 163 Å². The fourth-order valence-electron chi connectivity index (χ4n) is 3.11. The Balaban J connectivity index is 1.74. The second-order valence-electron chi connectivity index (χ2n) is 7.95. The summed E-state index contributed by atoms with van der Waals surface area (Å²) < 4.78 is 5.87. The van der Waals surface area contributed by atoms with Crippen LogP contribution >= 0.6 is 0 Å². The number of guanidine groups is 1. The van der Waals surface area contributed by atoms with Gasteiger partial charge in [-0.2, -0.15) is 0 Å². The van der Waals surface area contributed by atoms with Gasteiger partial charge >= 0.3 is 0 Å². The Kier molecular flexibility index (Phi) is 7.51. The van der Waals surface area contributed by atoms with Gasteiger partial charge in [0, 0.05) is 32.6 Å². The second kappa shape index (κ2) is 9.62. The highest BCUT2D eigenvalue weighted by Crippen LogP contribution is 2.25. The average Bonchev–Trinajstić information content (AvgIpc) is 3.11. The molecule has 2 N–H and O–H groups in total. The summed E-state index contributed by atoms with van der Waals surface area (Å²) in [6, 6.07) is 8.50. The number of nitrogens with one attached hydrogen (secondary N) is 2. The first-order chi connectivity index (χ1) is 12.8. The number of benzene rings is 1. The number of rotatable bonds is 6. The van der Waals surface area contributed by atoms with E-state index in [1.165, 1.54) is 5.56 Å². The highest BCUT2D eigenvalue weighted by Gasteiger charge is 2.25. The molecule has 1 amide bonds. The molecule has 0 radical (unpaired) electrons. The van der Waals surface area contributed by atoms with Crippen molar-refractivity contribution < 1.29 is 9.53 Å². The van der Waals surface area contributed by atoms with E-state index in [0.717, 1.165) is 31.2 Å². The SMILES string of the molecule is CCC(=O)N1CCC(NC(=NC)NCCOc2cccc(C(C)(C)C)c2)C1. The van der Waals surface area contributed by atoms with E-state index in [1.54, 1.807) is 7.05 Å². The largest absolute Gasteiger partial charge is 0.492 e. The monoisotopic (exact) mass is 374 g/mol. The molecular weight excluding hydrogens is 340 g/mol. The number of carbonyl (C=O) groups is 1. The maximum Gasteiger partial charge on any atom is 0.222 e. The van der Waals surface area contributed by atoms with Crippen LogP contribution in [0.5, 0.6) is 5.75 Å². The van der Waals surface area contributed by atoms with Crippen molar-refractivity contribution >= 4 is 11.9 Å². The molecule has 0 aromatic heterocycles. The van der Waals surface area contributed by atoms with Crippen molar-refractivity contribution in [2.45, 2.75) is 52.0 Å². The summed E-state index contributed by atoms with van der Waals surface area (Å²) in [5.41, 5.74) is 1.37. The highest BCUT2D eigenvalue weighted by molar-refractivity contribution is 5.80. The molecule has 1 heterocycles. The first-order valence-corrected chi connectivity index (χ1v) is 9.81. The van der Waals surface area contributed by atoms with Gasteiger partial charge in [0.15, 0.2) is 5.96 Å². The van der Waals surface area contributed by atoms with Gasteiger partial charge in [-0.3, -0.25) is 9.79 Å². The molecule has 150 valence electrons. The number of nitrogens with zero attached hydrogens (tertiary/aromatic N) is 2. The number of amides is 1. The summed E-state index contributed by atoms with van der Waals surface area (Å²) in [5, 5.41) is 6.67. The van der Waals surface area contributed by atoms with Gasteiger partial charge in [-0.15, -0.1) is 0 Å². The summed E-state index contributed by atoms with van der Waals surface area (Å²) in [6.45, 7) is 11.3. The van der Waals surface area contributed by atoms with Crippen molar-refractivity contribution in [3.63, 3.8) is 0 Å². The van der Waals surface area contributed by atoms with Crippen molar-refractivity contribution in [3.8, 4) is 5.75 Å². The van der Waals surface area contributed by atoms with Gasteiger partial charge in [0.2, 0.25) is 5.91 Å². The van der Waals surface area contributed by atoms with Crippen LogP contribution in [0.15, 0.2) is 29.3 Å². The zero-order valence-corrected chi connectivity index (χ0v) is 17.3. The van der Waals surface area contributed by atoms with Crippen LogP contribution in [0.25, 0.3) is 0 Å².